The first-order valence-corrected chi connectivity index (χ1v) is 13.5. The third kappa shape index (κ3) is 25.9. The molecule has 1 atom stereocenters. The lowest BCUT2D eigenvalue weighted by molar-refractivity contribution is 0.124. The molecular formula is C26H56N2O2. The van der Waals surface area contributed by atoms with Crippen LogP contribution in [-0.2, 0) is 0 Å². The van der Waals surface area contributed by atoms with Crippen molar-refractivity contribution in [3.05, 3.63) is 0 Å². The molecule has 0 rings (SSSR count). The summed E-state index contributed by atoms with van der Waals surface area (Å²) in [5.41, 5.74) is 5.51. The second-order valence-corrected chi connectivity index (χ2v) is 9.20. The quantitative estimate of drug-likeness (QED) is 0.0945. The van der Waals surface area contributed by atoms with E-state index in [2.05, 4.69) is 5.32 Å². The van der Waals surface area contributed by atoms with Crippen LogP contribution in [0.1, 0.15) is 141 Å². The van der Waals surface area contributed by atoms with Gasteiger partial charge in [0.2, 0.25) is 0 Å². The number of unbranched alkanes of at least 4 members (excludes halogenated alkanes) is 19. The van der Waals surface area contributed by atoms with Gasteiger partial charge in [0, 0.05) is 6.61 Å². The van der Waals surface area contributed by atoms with Gasteiger partial charge in [-0.2, -0.15) is 0 Å². The van der Waals surface area contributed by atoms with E-state index in [1.165, 1.54) is 122 Å². The van der Waals surface area contributed by atoms with Crippen molar-refractivity contribution < 1.29 is 10.2 Å². The van der Waals surface area contributed by atoms with E-state index >= 15 is 0 Å². The second kappa shape index (κ2) is 26.9. The molecule has 0 bridgehead atoms. The van der Waals surface area contributed by atoms with Gasteiger partial charge in [-0.05, 0) is 45.2 Å². The van der Waals surface area contributed by atoms with Crippen molar-refractivity contribution in [2.24, 2.45) is 5.73 Å². The molecule has 0 radical (unpaired) electrons. The van der Waals surface area contributed by atoms with Gasteiger partial charge in [-0.15, -0.1) is 0 Å². The molecule has 0 heterocycles. The number of nitrogens with two attached hydrogens (primary N) is 1. The molecule has 0 aromatic rings. The Labute approximate surface area is 188 Å². The minimum Gasteiger partial charge on any atom is -0.396 e. The van der Waals surface area contributed by atoms with Crippen LogP contribution in [0.2, 0.25) is 0 Å². The number of nitrogens with one attached hydrogen (secondary N) is 1. The Balaban J connectivity index is 3.13. The number of hydrogen-bond donors (Lipinski definition) is 4. The van der Waals surface area contributed by atoms with E-state index in [4.69, 9.17) is 10.8 Å². The van der Waals surface area contributed by atoms with Crippen LogP contribution in [0, 0.1) is 0 Å². The number of rotatable bonds is 26. The van der Waals surface area contributed by atoms with Gasteiger partial charge in [0.15, 0.2) is 0 Å². The third-order valence-electron chi connectivity index (χ3n) is 6.15. The van der Waals surface area contributed by atoms with Gasteiger partial charge in [-0.25, -0.2) is 0 Å². The topological polar surface area (TPSA) is 78.5 Å². The highest BCUT2D eigenvalue weighted by Gasteiger charge is 2.02. The van der Waals surface area contributed by atoms with Crippen LogP contribution in [0.4, 0.5) is 0 Å². The van der Waals surface area contributed by atoms with Crippen LogP contribution in [0.5, 0.6) is 0 Å². The zero-order valence-electron chi connectivity index (χ0n) is 20.2. The van der Waals surface area contributed by atoms with Crippen LogP contribution >= 0.6 is 0 Å². The molecule has 0 aliphatic rings. The van der Waals surface area contributed by atoms with E-state index in [0.29, 0.717) is 6.61 Å². The second-order valence-electron chi connectivity index (χ2n) is 9.20. The Kier molecular flexibility index (Phi) is 26.7. The van der Waals surface area contributed by atoms with Crippen molar-refractivity contribution in [2.75, 3.05) is 19.7 Å². The maximum Gasteiger partial charge on any atom is 0.104 e. The molecule has 5 N–H and O–H groups in total. The average Bonchev–Trinajstić information content (AvgIpc) is 2.75. The Morgan fingerprint density at radius 1 is 0.500 bits per heavy atom. The van der Waals surface area contributed by atoms with Gasteiger partial charge in [0.05, 0.1) is 0 Å². The molecule has 182 valence electrons. The van der Waals surface area contributed by atoms with Gasteiger partial charge in [0.25, 0.3) is 0 Å². The van der Waals surface area contributed by atoms with Crippen LogP contribution < -0.4 is 11.1 Å². The Morgan fingerprint density at radius 3 is 1.30 bits per heavy atom. The molecule has 0 aromatic carbocycles. The molecule has 4 heteroatoms. The number of aliphatic hydroxyl groups excluding tert-OH is 2. The van der Waals surface area contributed by atoms with E-state index in [0.717, 1.165) is 32.4 Å². The average molecular weight is 429 g/mol. The van der Waals surface area contributed by atoms with Crippen molar-refractivity contribution in [1.29, 1.82) is 0 Å². The molecule has 0 saturated heterocycles. The van der Waals surface area contributed by atoms with E-state index in [-0.39, 0.29) is 6.23 Å². The predicted molar refractivity (Wildman–Crippen MR) is 132 cm³/mol. The first-order valence-electron chi connectivity index (χ1n) is 13.5. The Hall–Kier alpha value is -0.160. The molecular weight excluding hydrogens is 372 g/mol. The molecule has 4 nitrogen and oxygen atoms in total. The smallest absolute Gasteiger partial charge is 0.104 e. The lowest BCUT2D eigenvalue weighted by Crippen LogP contribution is -2.29. The summed E-state index contributed by atoms with van der Waals surface area (Å²) < 4.78 is 0. The normalized spacial score (nSPS) is 12.5. The number of hydrogen-bond acceptors (Lipinski definition) is 4. The highest BCUT2D eigenvalue weighted by molar-refractivity contribution is 4.56. The van der Waals surface area contributed by atoms with Crippen molar-refractivity contribution in [3.8, 4) is 0 Å². The summed E-state index contributed by atoms with van der Waals surface area (Å²) in [5, 5.41) is 22.1. The minimum absolute atomic E-state index is 0.308. The van der Waals surface area contributed by atoms with Crippen LogP contribution in [0.25, 0.3) is 0 Å². The molecule has 0 aliphatic heterocycles. The van der Waals surface area contributed by atoms with Crippen LogP contribution in [-0.4, -0.2) is 36.1 Å². The van der Waals surface area contributed by atoms with Gasteiger partial charge in [-0.1, -0.05) is 109 Å². The van der Waals surface area contributed by atoms with E-state index < -0.39 is 0 Å². The summed E-state index contributed by atoms with van der Waals surface area (Å²) >= 11 is 0. The van der Waals surface area contributed by atoms with Crippen LogP contribution in [0.3, 0.4) is 0 Å². The molecule has 0 spiro atoms. The summed E-state index contributed by atoms with van der Waals surface area (Å²) in [7, 11) is 0. The van der Waals surface area contributed by atoms with Gasteiger partial charge >= 0.3 is 0 Å². The first kappa shape index (κ1) is 29.8. The molecule has 0 aromatic heterocycles. The molecule has 0 saturated carbocycles. The zero-order chi connectivity index (χ0) is 22.0. The number of aliphatic hydroxyl groups is 2. The fourth-order valence-corrected chi connectivity index (χ4v) is 4.09. The summed E-state index contributed by atoms with van der Waals surface area (Å²) in [5.74, 6) is 0. The molecule has 0 amide bonds. The van der Waals surface area contributed by atoms with Gasteiger partial charge < -0.3 is 15.9 Å². The fourth-order valence-electron chi connectivity index (χ4n) is 4.09. The highest BCUT2D eigenvalue weighted by atomic mass is 16.3. The summed E-state index contributed by atoms with van der Waals surface area (Å²) in [6, 6.07) is 0. The Morgan fingerprint density at radius 2 is 0.867 bits per heavy atom. The lowest BCUT2D eigenvalue weighted by Gasteiger charge is -2.12. The summed E-state index contributed by atoms with van der Waals surface area (Å²) in [4.78, 5) is 0. The van der Waals surface area contributed by atoms with Crippen molar-refractivity contribution in [1.82, 2.24) is 5.32 Å². The SMILES string of the molecule is NCCCCCCCCCCCCCC(O)NCCCCCCCCCCCCO. The fraction of sp³-hybridized carbons (Fsp3) is 1.00. The largest absolute Gasteiger partial charge is 0.396 e. The zero-order valence-corrected chi connectivity index (χ0v) is 20.2. The van der Waals surface area contributed by atoms with Gasteiger partial charge in [0.1, 0.15) is 6.23 Å². The van der Waals surface area contributed by atoms with E-state index in [1.807, 2.05) is 0 Å². The minimum atomic E-state index is -0.308. The maximum atomic E-state index is 10.0. The van der Waals surface area contributed by atoms with Gasteiger partial charge in [-0.3, -0.25) is 5.32 Å². The molecule has 0 fully saturated rings. The van der Waals surface area contributed by atoms with Crippen LogP contribution in [0.15, 0.2) is 0 Å². The monoisotopic (exact) mass is 428 g/mol. The Bertz CT molecular complexity index is 275. The standard InChI is InChI=1S/C26H56N2O2/c27-23-19-15-11-7-3-1-2-6-10-14-18-22-26(30)28-24-20-16-12-8-4-5-9-13-17-21-25-29/h26,28-30H,1-25,27H2. The van der Waals surface area contributed by atoms with Crippen molar-refractivity contribution in [2.45, 2.75) is 147 Å². The van der Waals surface area contributed by atoms with Crippen molar-refractivity contribution >= 4 is 0 Å². The van der Waals surface area contributed by atoms with Crippen molar-refractivity contribution in [3.63, 3.8) is 0 Å². The highest BCUT2D eigenvalue weighted by Crippen LogP contribution is 2.13. The first-order chi connectivity index (χ1) is 14.8. The summed E-state index contributed by atoms with van der Waals surface area (Å²) in [6.45, 7) is 2.14. The van der Waals surface area contributed by atoms with E-state index in [1.54, 1.807) is 0 Å². The van der Waals surface area contributed by atoms with E-state index in [9.17, 15) is 5.11 Å². The molecule has 1 unspecified atom stereocenters. The molecule has 30 heavy (non-hydrogen) atoms. The maximum absolute atomic E-state index is 10.0. The lowest BCUT2D eigenvalue weighted by atomic mass is 10.0. The third-order valence-corrected chi connectivity index (χ3v) is 6.15. The summed E-state index contributed by atoms with van der Waals surface area (Å²) in [6.07, 6.45) is 27.6. The predicted octanol–water partition coefficient (Wildman–Crippen LogP) is 6.43. The molecule has 0 aliphatic carbocycles.